The van der Waals surface area contributed by atoms with E-state index in [2.05, 4.69) is 42.2 Å². The van der Waals surface area contributed by atoms with Gasteiger partial charge in [-0.05, 0) is 53.8 Å². The summed E-state index contributed by atoms with van der Waals surface area (Å²) in [4.78, 5) is 11.1. The van der Waals surface area contributed by atoms with Gasteiger partial charge in [0.15, 0.2) is 5.79 Å². The van der Waals surface area contributed by atoms with Crippen molar-refractivity contribution >= 4 is 11.5 Å². The van der Waals surface area contributed by atoms with Crippen molar-refractivity contribution in [3.05, 3.63) is 71.3 Å². The van der Waals surface area contributed by atoms with E-state index in [-0.39, 0.29) is 43.3 Å². The van der Waals surface area contributed by atoms with Crippen molar-refractivity contribution in [1.29, 1.82) is 0 Å². The molecule has 2 aromatic rings. The normalized spacial score (nSPS) is 17.3. The molecule has 2 aromatic carbocycles. The summed E-state index contributed by atoms with van der Waals surface area (Å²) < 4.78 is 17.6. The number of carboxylic acids is 1. The molecule has 0 aromatic heterocycles. The molecule has 1 heterocycles. The topological polar surface area (TPSA) is 65.0 Å². The Hall–Kier alpha value is -2.07. The molecular formula is C27H29NaO5. The van der Waals surface area contributed by atoms with Crippen molar-refractivity contribution in [2.75, 3.05) is 13.2 Å². The second kappa shape index (κ2) is 11.9. The summed E-state index contributed by atoms with van der Waals surface area (Å²) in [5.74, 6) is 4.96. The van der Waals surface area contributed by atoms with Gasteiger partial charge < -0.3 is 20.7 Å². The molecule has 1 atom stereocenters. The van der Waals surface area contributed by atoms with Crippen LogP contribution in [0.15, 0.2) is 54.6 Å². The number of allylic oxidation sites excluding steroid dienone is 1. The number of carbonyl (C=O) groups is 1. The Labute approximate surface area is 218 Å². The fourth-order valence-corrected chi connectivity index (χ4v) is 4.25. The maximum absolute atomic E-state index is 11.1. The van der Waals surface area contributed by atoms with Crippen molar-refractivity contribution in [3.8, 4) is 17.6 Å². The minimum Gasteiger partial charge on any atom is -1.00 e. The van der Waals surface area contributed by atoms with E-state index in [4.69, 9.17) is 19.3 Å². The summed E-state index contributed by atoms with van der Waals surface area (Å²) in [6.45, 7) is 3.55. The van der Waals surface area contributed by atoms with E-state index in [1.807, 2.05) is 24.3 Å². The van der Waals surface area contributed by atoms with Gasteiger partial charge in [0.2, 0.25) is 0 Å². The molecule has 0 unspecified atom stereocenters. The van der Waals surface area contributed by atoms with Crippen LogP contribution < -0.4 is 34.3 Å². The van der Waals surface area contributed by atoms with Crippen molar-refractivity contribution in [3.63, 3.8) is 0 Å². The third kappa shape index (κ3) is 6.72. The summed E-state index contributed by atoms with van der Waals surface area (Å²) in [6.07, 6.45) is 4.84. The first kappa shape index (κ1) is 25.6. The number of ether oxygens (including phenoxy) is 3. The molecule has 0 amide bonds. The third-order valence-corrected chi connectivity index (χ3v) is 5.93. The van der Waals surface area contributed by atoms with Crippen LogP contribution in [-0.2, 0) is 20.9 Å². The average Bonchev–Trinajstić information content (AvgIpc) is 3.26. The molecule has 1 aliphatic carbocycles. The summed E-state index contributed by atoms with van der Waals surface area (Å²) >= 11 is 0. The predicted octanol–water partition coefficient (Wildman–Crippen LogP) is 2.27. The number of hydrogen-bond acceptors (Lipinski definition) is 4. The zero-order valence-corrected chi connectivity index (χ0v) is 21.3. The van der Waals surface area contributed by atoms with Gasteiger partial charge in [-0.2, -0.15) is 0 Å². The SMILES string of the molecule is CC#C[C@@H](CC(=O)O)c1ccc(OCc2cccc(C3=CCC4(CC3)OCCO4)c2)cc1.[H-].[Na+]. The molecular weight excluding hydrogens is 427 g/mol. The maximum atomic E-state index is 11.1. The van der Waals surface area contributed by atoms with Crippen LogP contribution in [0.5, 0.6) is 5.75 Å². The summed E-state index contributed by atoms with van der Waals surface area (Å²) in [6, 6.07) is 16.0. The van der Waals surface area contributed by atoms with Gasteiger partial charge in [-0.3, -0.25) is 4.79 Å². The van der Waals surface area contributed by atoms with Crippen LogP contribution in [0.2, 0.25) is 0 Å². The summed E-state index contributed by atoms with van der Waals surface area (Å²) in [5.41, 5.74) is 4.52. The van der Waals surface area contributed by atoms with E-state index >= 15 is 0 Å². The molecule has 1 fully saturated rings. The van der Waals surface area contributed by atoms with Crippen molar-refractivity contribution in [2.45, 2.75) is 50.9 Å². The van der Waals surface area contributed by atoms with Gasteiger partial charge in [-0.1, -0.05) is 42.3 Å². The Balaban J connectivity index is 0.00000204. The van der Waals surface area contributed by atoms with Crippen LogP contribution in [-0.4, -0.2) is 30.1 Å². The minimum absolute atomic E-state index is 0. The predicted molar refractivity (Wildman–Crippen MR) is 123 cm³/mol. The second-order valence-electron chi connectivity index (χ2n) is 8.14. The van der Waals surface area contributed by atoms with Gasteiger partial charge in [0.25, 0.3) is 0 Å². The maximum Gasteiger partial charge on any atom is 1.00 e. The first-order chi connectivity index (χ1) is 15.6. The van der Waals surface area contributed by atoms with Crippen molar-refractivity contribution in [2.24, 2.45) is 0 Å². The van der Waals surface area contributed by atoms with Crippen LogP contribution in [0.25, 0.3) is 5.57 Å². The van der Waals surface area contributed by atoms with E-state index in [9.17, 15) is 4.79 Å². The van der Waals surface area contributed by atoms with E-state index in [1.165, 1.54) is 11.1 Å². The van der Waals surface area contributed by atoms with Crippen LogP contribution >= 0.6 is 0 Å². The van der Waals surface area contributed by atoms with Crippen molar-refractivity contribution in [1.82, 2.24) is 0 Å². The first-order valence-corrected chi connectivity index (χ1v) is 11.0. The molecule has 0 bridgehead atoms. The zero-order valence-electron chi connectivity index (χ0n) is 20.3. The first-order valence-electron chi connectivity index (χ1n) is 11.0. The molecule has 0 radical (unpaired) electrons. The molecule has 5 nitrogen and oxygen atoms in total. The second-order valence-corrected chi connectivity index (χ2v) is 8.14. The minimum atomic E-state index is -0.857. The largest absolute Gasteiger partial charge is 1.00 e. The van der Waals surface area contributed by atoms with E-state index < -0.39 is 11.8 Å². The standard InChI is InChI=1S/C27H28O5.Na.H/c1-2-4-23(18-26(28)29)21-7-9-25(10-8-21)30-19-20-5-3-6-24(17-20)22-11-13-27(14-12-22)31-15-16-32-27;;/h3,5-11,17,23H,12-16,18-19H2,1H3,(H,28,29);;/q;+1;-1/t23-;;/m0../s1. The molecule has 1 aliphatic heterocycles. The fraction of sp³-hybridized carbons (Fsp3) is 0.370. The number of aliphatic carboxylic acids is 1. The Morgan fingerprint density at radius 3 is 2.61 bits per heavy atom. The van der Waals surface area contributed by atoms with Gasteiger partial charge in [0.05, 0.1) is 25.6 Å². The molecule has 6 heteroatoms. The van der Waals surface area contributed by atoms with E-state index in [1.54, 1.807) is 6.92 Å². The van der Waals surface area contributed by atoms with Gasteiger partial charge >= 0.3 is 35.5 Å². The van der Waals surface area contributed by atoms with Crippen LogP contribution in [0.3, 0.4) is 0 Å². The van der Waals surface area contributed by atoms with Gasteiger partial charge in [0, 0.05) is 12.8 Å². The molecule has 168 valence electrons. The number of hydrogen-bond donors (Lipinski definition) is 1. The van der Waals surface area contributed by atoms with Crippen LogP contribution in [0, 0.1) is 11.8 Å². The summed E-state index contributed by atoms with van der Waals surface area (Å²) in [7, 11) is 0. The Morgan fingerprint density at radius 2 is 1.97 bits per heavy atom. The van der Waals surface area contributed by atoms with Gasteiger partial charge in [0.1, 0.15) is 12.4 Å². The molecule has 2 aliphatic rings. The fourth-order valence-electron chi connectivity index (χ4n) is 4.25. The Morgan fingerprint density at radius 1 is 1.21 bits per heavy atom. The third-order valence-electron chi connectivity index (χ3n) is 5.93. The van der Waals surface area contributed by atoms with Crippen molar-refractivity contribution < 1.29 is 55.1 Å². The van der Waals surface area contributed by atoms with E-state index in [0.717, 1.165) is 36.1 Å². The number of carboxylic acid groups (broad SMARTS) is 1. The summed E-state index contributed by atoms with van der Waals surface area (Å²) in [5, 5.41) is 9.10. The molecule has 33 heavy (non-hydrogen) atoms. The number of benzene rings is 2. The molecule has 1 spiro atoms. The van der Waals surface area contributed by atoms with Crippen LogP contribution in [0.4, 0.5) is 0 Å². The quantitative estimate of drug-likeness (QED) is 0.512. The Bertz CT molecular complexity index is 1050. The average molecular weight is 457 g/mol. The number of rotatable bonds is 7. The molecule has 0 saturated carbocycles. The molecule has 1 saturated heterocycles. The van der Waals surface area contributed by atoms with Gasteiger partial charge in [-0.15, -0.1) is 5.92 Å². The van der Waals surface area contributed by atoms with E-state index in [0.29, 0.717) is 19.8 Å². The van der Waals surface area contributed by atoms with Crippen LogP contribution in [0.1, 0.15) is 56.6 Å². The van der Waals surface area contributed by atoms with Gasteiger partial charge in [-0.25, -0.2) is 0 Å². The Kier molecular flexibility index (Phi) is 9.19. The zero-order chi connectivity index (χ0) is 22.4. The monoisotopic (exact) mass is 456 g/mol. The smallest absolute Gasteiger partial charge is 1.00 e. The molecule has 1 N–H and O–H groups in total. The molecule has 4 rings (SSSR count).